The van der Waals surface area contributed by atoms with E-state index in [1.165, 1.54) is 18.3 Å². The third-order valence-electron chi connectivity index (χ3n) is 1.91. The van der Waals surface area contributed by atoms with Crippen LogP contribution in [0.1, 0.15) is 0 Å². The third kappa shape index (κ3) is 4.16. The first-order valence-electron chi connectivity index (χ1n) is 4.91. The standard InChI is InChI=1S/C8H14N6O3S/c9-8(15)11-3-4-13-18(16,17)6-1-2-7(14-10)12-5-6/h1-2,5,13H,3-4,10H2,(H,12,14)(H3,9,11,15). The van der Waals surface area contributed by atoms with Crippen LogP contribution < -0.4 is 27.0 Å². The number of hydrogen-bond donors (Lipinski definition) is 5. The number of nitrogens with one attached hydrogen (secondary N) is 3. The molecule has 1 heterocycles. The first-order chi connectivity index (χ1) is 8.45. The number of nitrogens with zero attached hydrogens (tertiary/aromatic N) is 1. The Kier molecular flexibility index (Phi) is 4.83. The molecule has 0 radical (unpaired) electrons. The molecule has 10 heteroatoms. The number of hydrogen-bond acceptors (Lipinski definition) is 6. The van der Waals surface area contributed by atoms with E-state index < -0.39 is 16.1 Å². The van der Waals surface area contributed by atoms with E-state index in [9.17, 15) is 13.2 Å². The van der Waals surface area contributed by atoms with Gasteiger partial charge in [0, 0.05) is 19.3 Å². The number of carbonyl (C=O) groups excluding carboxylic acids is 1. The van der Waals surface area contributed by atoms with Crippen molar-refractivity contribution in [1.29, 1.82) is 0 Å². The Balaban J connectivity index is 2.59. The van der Waals surface area contributed by atoms with Crippen LogP contribution in [-0.4, -0.2) is 32.5 Å². The monoisotopic (exact) mass is 274 g/mol. The highest BCUT2D eigenvalue weighted by Gasteiger charge is 2.13. The Morgan fingerprint density at radius 3 is 2.56 bits per heavy atom. The van der Waals surface area contributed by atoms with Crippen molar-refractivity contribution in [2.24, 2.45) is 11.6 Å². The van der Waals surface area contributed by atoms with Crippen LogP contribution in [0.5, 0.6) is 0 Å². The molecule has 1 rings (SSSR count). The van der Waals surface area contributed by atoms with Crippen LogP contribution >= 0.6 is 0 Å². The van der Waals surface area contributed by atoms with Gasteiger partial charge in [0.25, 0.3) is 0 Å². The fourth-order valence-corrected chi connectivity index (χ4v) is 2.06. The SMILES string of the molecule is NNc1ccc(S(=O)(=O)NCCNC(N)=O)cn1. The van der Waals surface area contributed by atoms with E-state index in [1.807, 2.05) is 0 Å². The molecule has 0 atom stereocenters. The van der Waals surface area contributed by atoms with Gasteiger partial charge in [0.15, 0.2) is 0 Å². The highest BCUT2D eigenvalue weighted by atomic mass is 32.2. The summed E-state index contributed by atoms with van der Waals surface area (Å²) in [5.74, 6) is 5.46. The molecule has 1 aromatic heterocycles. The molecule has 0 saturated heterocycles. The van der Waals surface area contributed by atoms with Crippen molar-refractivity contribution >= 4 is 21.9 Å². The average molecular weight is 274 g/mol. The Labute approximate surface area is 104 Å². The second-order valence-corrected chi connectivity index (χ2v) is 4.98. The number of aromatic nitrogens is 1. The lowest BCUT2D eigenvalue weighted by Crippen LogP contribution is -2.37. The van der Waals surface area contributed by atoms with Crippen LogP contribution in [0.2, 0.25) is 0 Å². The second-order valence-electron chi connectivity index (χ2n) is 3.21. The van der Waals surface area contributed by atoms with Crippen molar-refractivity contribution < 1.29 is 13.2 Å². The van der Waals surface area contributed by atoms with Gasteiger partial charge in [-0.15, -0.1) is 0 Å². The zero-order chi connectivity index (χ0) is 13.6. The lowest BCUT2D eigenvalue weighted by atomic mass is 10.5. The van der Waals surface area contributed by atoms with E-state index in [-0.39, 0.29) is 18.0 Å². The first kappa shape index (κ1) is 14.2. The van der Waals surface area contributed by atoms with Crippen LogP contribution in [0.15, 0.2) is 23.2 Å². The maximum Gasteiger partial charge on any atom is 0.312 e. The summed E-state index contributed by atoms with van der Waals surface area (Å²) in [5.41, 5.74) is 7.11. The molecule has 0 bridgehead atoms. The largest absolute Gasteiger partial charge is 0.352 e. The number of urea groups is 1. The van der Waals surface area contributed by atoms with E-state index in [4.69, 9.17) is 11.6 Å². The number of rotatable bonds is 6. The van der Waals surface area contributed by atoms with Gasteiger partial charge in [0.2, 0.25) is 10.0 Å². The Morgan fingerprint density at radius 1 is 1.33 bits per heavy atom. The van der Waals surface area contributed by atoms with Crippen LogP contribution in [-0.2, 0) is 10.0 Å². The van der Waals surface area contributed by atoms with Gasteiger partial charge in [-0.1, -0.05) is 0 Å². The summed E-state index contributed by atoms with van der Waals surface area (Å²) < 4.78 is 25.7. The molecule has 1 aromatic rings. The van der Waals surface area contributed by atoms with Crippen LogP contribution in [0, 0.1) is 0 Å². The van der Waals surface area contributed by atoms with Gasteiger partial charge in [0.05, 0.1) is 0 Å². The number of primary amides is 1. The maximum absolute atomic E-state index is 11.7. The molecule has 0 aromatic carbocycles. The smallest absolute Gasteiger partial charge is 0.312 e. The highest BCUT2D eigenvalue weighted by Crippen LogP contribution is 2.09. The molecule has 2 amide bonds. The van der Waals surface area contributed by atoms with Crippen molar-refractivity contribution in [3.8, 4) is 0 Å². The maximum atomic E-state index is 11.7. The minimum Gasteiger partial charge on any atom is -0.352 e. The summed E-state index contributed by atoms with van der Waals surface area (Å²) in [4.78, 5) is 14.1. The quantitative estimate of drug-likeness (QED) is 0.237. The van der Waals surface area contributed by atoms with Crippen molar-refractivity contribution in [3.63, 3.8) is 0 Å². The average Bonchev–Trinajstić information content (AvgIpc) is 2.34. The molecule has 0 saturated carbocycles. The van der Waals surface area contributed by atoms with Crippen LogP contribution in [0.3, 0.4) is 0 Å². The molecule has 9 nitrogen and oxygen atoms in total. The number of anilines is 1. The molecule has 0 aliphatic rings. The minimum absolute atomic E-state index is 0.000532. The second kappa shape index (κ2) is 6.14. The minimum atomic E-state index is -3.66. The Morgan fingerprint density at radius 2 is 2.06 bits per heavy atom. The lowest BCUT2D eigenvalue weighted by molar-refractivity contribution is 0.249. The number of nitrogens with two attached hydrogens (primary N) is 2. The summed E-state index contributed by atoms with van der Waals surface area (Å²) in [6, 6.07) is 2.07. The fourth-order valence-electron chi connectivity index (χ4n) is 1.08. The molecule has 0 spiro atoms. The normalized spacial score (nSPS) is 10.9. The van der Waals surface area contributed by atoms with Crippen molar-refractivity contribution in [1.82, 2.24) is 15.0 Å². The Bertz CT molecular complexity index is 500. The third-order valence-corrected chi connectivity index (χ3v) is 3.36. The molecule has 7 N–H and O–H groups in total. The fraction of sp³-hybridized carbons (Fsp3) is 0.250. The summed E-state index contributed by atoms with van der Waals surface area (Å²) >= 11 is 0. The first-order valence-corrected chi connectivity index (χ1v) is 6.39. The molecular weight excluding hydrogens is 260 g/mol. The van der Waals surface area contributed by atoms with Gasteiger partial charge >= 0.3 is 6.03 Å². The zero-order valence-corrected chi connectivity index (χ0v) is 10.2. The molecule has 18 heavy (non-hydrogen) atoms. The van der Waals surface area contributed by atoms with Gasteiger partial charge in [-0.3, -0.25) is 0 Å². The number of carbonyl (C=O) groups is 1. The number of nitrogen functional groups attached to an aromatic ring is 1. The molecular formula is C8H14N6O3S. The summed E-state index contributed by atoms with van der Waals surface area (Å²) in [7, 11) is -3.66. The number of amides is 2. The molecule has 0 fully saturated rings. The van der Waals surface area contributed by atoms with Gasteiger partial charge in [0.1, 0.15) is 10.7 Å². The molecule has 100 valence electrons. The van der Waals surface area contributed by atoms with Crippen LogP contribution in [0.4, 0.5) is 10.6 Å². The predicted octanol–water partition coefficient (Wildman–Crippen LogP) is -1.69. The van der Waals surface area contributed by atoms with E-state index >= 15 is 0 Å². The highest BCUT2D eigenvalue weighted by molar-refractivity contribution is 7.89. The van der Waals surface area contributed by atoms with E-state index in [1.54, 1.807) is 0 Å². The van der Waals surface area contributed by atoms with Crippen molar-refractivity contribution in [2.45, 2.75) is 4.90 Å². The molecule has 0 aliphatic heterocycles. The predicted molar refractivity (Wildman–Crippen MR) is 64.8 cm³/mol. The van der Waals surface area contributed by atoms with Crippen molar-refractivity contribution in [3.05, 3.63) is 18.3 Å². The summed E-state index contributed by atoms with van der Waals surface area (Å²) in [6.07, 6.45) is 1.17. The van der Waals surface area contributed by atoms with Crippen molar-refractivity contribution in [2.75, 3.05) is 18.5 Å². The van der Waals surface area contributed by atoms with Gasteiger partial charge in [-0.05, 0) is 12.1 Å². The number of pyridine rings is 1. The topological polar surface area (TPSA) is 152 Å². The number of hydrazine groups is 1. The lowest BCUT2D eigenvalue weighted by Gasteiger charge is -2.07. The van der Waals surface area contributed by atoms with E-state index in [0.29, 0.717) is 5.82 Å². The molecule has 0 unspecified atom stereocenters. The summed E-state index contributed by atoms with van der Waals surface area (Å²) in [6.45, 7) is 0.132. The van der Waals surface area contributed by atoms with Gasteiger partial charge in [-0.25, -0.2) is 28.8 Å². The zero-order valence-electron chi connectivity index (χ0n) is 9.38. The number of sulfonamides is 1. The van der Waals surface area contributed by atoms with E-state index in [2.05, 4.69) is 20.4 Å². The molecule has 0 aliphatic carbocycles. The Hall–Kier alpha value is -1.91. The van der Waals surface area contributed by atoms with Gasteiger partial charge in [-0.2, -0.15) is 0 Å². The van der Waals surface area contributed by atoms with Gasteiger partial charge < -0.3 is 16.5 Å². The summed E-state index contributed by atoms with van der Waals surface area (Å²) in [5, 5.41) is 2.26. The van der Waals surface area contributed by atoms with E-state index in [0.717, 1.165) is 0 Å². The van der Waals surface area contributed by atoms with Crippen LogP contribution in [0.25, 0.3) is 0 Å².